The Labute approximate surface area is 90.7 Å². The van der Waals surface area contributed by atoms with Crippen LogP contribution in [0.15, 0.2) is 24.4 Å². The first-order valence-electron chi connectivity index (χ1n) is 4.34. The number of H-pyrrole nitrogens is 1. The predicted octanol–water partition coefficient (Wildman–Crippen LogP) is 1.91. The number of fused-ring (bicyclic) bond motifs is 1. The summed E-state index contributed by atoms with van der Waals surface area (Å²) in [6, 6.07) is 4.18. The molecule has 4 N–H and O–H groups in total. The first kappa shape index (κ1) is 10.0. The van der Waals surface area contributed by atoms with Crippen molar-refractivity contribution in [2.45, 2.75) is 6.04 Å². The molecule has 0 spiro atoms. The van der Waals surface area contributed by atoms with E-state index >= 15 is 0 Å². The van der Waals surface area contributed by atoms with Crippen LogP contribution >= 0.6 is 11.6 Å². The molecular weight excluding hydrogens is 216 g/mol. The second-order valence-electron chi connectivity index (χ2n) is 3.25. The molecule has 4 nitrogen and oxygen atoms in total. The van der Waals surface area contributed by atoms with Crippen LogP contribution in [-0.2, 0) is 4.79 Å². The summed E-state index contributed by atoms with van der Waals surface area (Å²) < 4.78 is 0. The highest BCUT2D eigenvalue weighted by Gasteiger charge is 2.17. The van der Waals surface area contributed by atoms with Crippen molar-refractivity contribution in [1.29, 1.82) is 0 Å². The third kappa shape index (κ3) is 1.69. The Hall–Kier alpha value is -1.52. The van der Waals surface area contributed by atoms with Crippen LogP contribution in [0.1, 0.15) is 11.6 Å². The smallest absolute Gasteiger partial charge is 0.325 e. The maximum Gasteiger partial charge on any atom is 0.325 e. The molecule has 15 heavy (non-hydrogen) atoms. The van der Waals surface area contributed by atoms with Gasteiger partial charge < -0.3 is 15.8 Å². The van der Waals surface area contributed by atoms with Gasteiger partial charge in [0.25, 0.3) is 0 Å². The molecular formula is C10H9ClN2O2. The standard InChI is InChI=1S/C10H9ClN2O2/c11-5-1-2-6-7(9(12)10(14)15)4-13-8(6)3-5/h1-4,9,13H,12H2,(H,14,15). The number of carboxylic acid groups (broad SMARTS) is 1. The highest BCUT2D eigenvalue weighted by atomic mass is 35.5. The van der Waals surface area contributed by atoms with E-state index in [1.807, 2.05) is 0 Å². The number of aliphatic carboxylic acids is 1. The number of nitrogens with one attached hydrogen (secondary N) is 1. The first-order valence-corrected chi connectivity index (χ1v) is 4.72. The van der Waals surface area contributed by atoms with Crippen LogP contribution in [0, 0.1) is 0 Å². The molecule has 1 heterocycles. The maximum absolute atomic E-state index is 10.7. The van der Waals surface area contributed by atoms with Crippen molar-refractivity contribution in [1.82, 2.24) is 4.98 Å². The second kappa shape index (κ2) is 3.56. The van der Waals surface area contributed by atoms with Gasteiger partial charge in [0, 0.05) is 27.7 Å². The summed E-state index contributed by atoms with van der Waals surface area (Å²) in [4.78, 5) is 13.7. The minimum absolute atomic E-state index is 0.564. The van der Waals surface area contributed by atoms with Crippen LogP contribution in [0.2, 0.25) is 5.02 Å². The topological polar surface area (TPSA) is 79.1 Å². The Morgan fingerprint density at radius 1 is 1.53 bits per heavy atom. The van der Waals surface area contributed by atoms with Gasteiger partial charge in [0.05, 0.1) is 0 Å². The summed E-state index contributed by atoms with van der Waals surface area (Å²) in [5.41, 5.74) is 6.88. The lowest BCUT2D eigenvalue weighted by Crippen LogP contribution is -2.20. The van der Waals surface area contributed by atoms with Gasteiger partial charge in [0.1, 0.15) is 6.04 Å². The minimum Gasteiger partial charge on any atom is -0.480 e. The second-order valence-corrected chi connectivity index (χ2v) is 3.69. The monoisotopic (exact) mass is 224 g/mol. The van der Waals surface area contributed by atoms with Gasteiger partial charge in [-0.15, -0.1) is 0 Å². The molecule has 2 rings (SSSR count). The fourth-order valence-electron chi connectivity index (χ4n) is 1.51. The quantitative estimate of drug-likeness (QED) is 0.729. The summed E-state index contributed by atoms with van der Waals surface area (Å²) >= 11 is 5.80. The molecule has 1 aromatic carbocycles. The Kier molecular flexibility index (Phi) is 2.38. The lowest BCUT2D eigenvalue weighted by Gasteiger charge is -2.03. The molecule has 0 amide bonds. The van der Waals surface area contributed by atoms with Crippen molar-refractivity contribution in [3.8, 4) is 0 Å². The number of rotatable bonds is 2. The number of hydrogen-bond donors (Lipinski definition) is 3. The molecule has 0 fully saturated rings. The molecule has 0 bridgehead atoms. The van der Waals surface area contributed by atoms with Crippen molar-refractivity contribution in [3.63, 3.8) is 0 Å². The number of carboxylic acids is 1. The zero-order valence-electron chi connectivity index (χ0n) is 7.70. The molecule has 0 aliphatic carbocycles. The van der Waals surface area contributed by atoms with E-state index in [4.69, 9.17) is 22.4 Å². The number of nitrogens with two attached hydrogens (primary N) is 1. The summed E-state index contributed by atoms with van der Waals surface area (Å²) in [5, 5.41) is 10.2. The van der Waals surface area contributed by atoms with E-state index in [0.29, 0.717) is 10.6 Å². The van der Waals surface area contributed by atoms with Crippen molar-refractivity contribution in [2.24, 2.45) is 5.73 Å². The Morgan fingerprint density at radius 3 is 2.93 bits per heavy atom. The normalized spacial score (nSPS) is 12.9. The summed E-state index contributed by atoms with van der Waals surface area (Å²) in [6.45, 7) is 0. The first-order chi connectivity index (χ1) is 7.09. The van der Waals surface area contributed by atoms with E-state index in [1.165, 1.54) is 0 Å². The van der Waals surface area contributed by atoms with E-state index in [-0.39, 0.29) is 0 Å². The SMILES string of the molecule is NC(C(=O)O)c1c[nH]c2cc(Cl)ccc12. The van der Waals surface area contributed by atoms with E-state index in [1.54, 1.807) is 24.4 Å². The predicted molar refractivity (Wildman–Crippen MR) is 57.9 cm³/mol. The third-order valence-corrected chi connectivity index (χ3v) is 2.51. The average Bonchev–Trinajstić information content (AvgIpc) is 2.59. The van der Waals surface area contributed by atoms with Crippen molar-refractivity contribution >= 4 is 28.5 Å². The van der Waals surface area contributed by atoms with Gasteiger partial charge in [-0.3, -0.25) is 4.79 Å². The molecule has 1 unspecified atom stereocenters. The largest absolute Gasteiger partial charge is 0.480 e. The van der Waals surface area contributed by atoms with Crippen LogP contribution in [0.3, 0.4) is 0 Å². The van der Waals surface area contributed by atoms with Crippen LogP contribution in [0.4, 0.5) is 0 Å². The lowest BCUT2D eigenvalue weighted by molar-refractivity contribution is -0.138. The van der Waals surface area contributed by atoms with Crippen LogP contribution in [-0.4, -0.2) is 16.1 Å². The van der Waals surface area contributed by atoms with Gasteiger partial charge in [-0.2, -0.15) is 0 Å². The molecule has 78 valence electrons. The zero-order chi connectivity index (χ0) is 11.0. The van der Waals surface area contributed by atoms with Crippen molar-refractivity contribution < 1.29 is 9.90 Å². The molecule has 2 aromatic rings. The van der Waals surface area contributed by atoms with Gasteiger partial charge in [-0.25, -0.2) is 0 Å². The van der Waals surface area contributed by atoms with Gasteiger partial charge in [0.15, 0.2) is 0 Å². The summed E-state index contributed by atoms with van der Waals surface area (Å²) in [6.07, 6.45) is 1.60. The third-order valence-electron chi connectivity index (χ3n) is 2.28. The van der Waals surface area contributed by atoms with Crippen molar-refractivity contribution in [2.75, 3.05) is 0 Å². The number of carbonyl (C=O) groups is 1. The number of hydrogen-bond acceptors (Lipinski definition) is 2. The highest BCUT2D eigenvalue weighted by Crippen LogP contribution is 2.25. The fourth-order valence-corrected chi connectivity index (χ4v) is 1.68. The van der Waals surface area contributed by atoms with Crippen LogP contribution < -0.4 is 5.73 Å². The van der Waals surface area contributed by atoms with E-state index in [0.717, 1.165) is 10.9 Å². The maximum atomic E-state index is 10.7. The molecule has 0 aliphatic heterocycles. The van der Waals surface area contributed by atoms with Crippen molar-refractivity contribution in [3.05, 3.63) is 35.0 Å². The van der Waals surface area contributed by atoms with E-state index in [9.17, 15) is 4.79 Å². The summed E-state index contributed by atoms with van der Waals surface area (Å²) in [7, 11) is 0. The molecule has 0 aliphatic rings. The van der Waals surface area contributed by atoms with Crippen LogP contribution in [0.25, 0.3) is 10.9 Å². The molecule has 1 atom stereocenters. The zero-order valence-corrected chi connectivity index (χ0v) is 8.45. The Balaban J connectivity index is 2.59. The number of aromatic amines is 1. The molecule has 0 saturated heterocycles. The Bertz CT molecular complexity index is 521. The van der Waals surface area contributed by atoms with Gasteiger partial charge in [0.2, 0.25) is 0 Å². The number of benzene rings is 1. The lowest BCUT2D eigenvalue weighted by atomic mass is 10.1. The number of halogens is 1. The van der Waals surface area contributed by atoms with Gasteiger partial charge >= 0.3 is 5.97 Å². The molecule has 0 radical (unpaired) electrons. The summed E-state index contributed by atoms with van der Waals surface area (Å²) in [5.74, 6) is -1.05. The molecule has 0 saturated carbocycles. The highest BCUT2D eigenvalue weighted by molar-refractivity contribution is 6.31. The Morgan fingerprint density at radius 2 is 2.27 bits per heavy atom. The fraction of sp³-hybridized carbons (Fsp3) is 0.100. The van der Waals surface area contributed by atoms with Crippen LogP contribution in [0.5, 0.6) is 0 Å². The van der Waals surface area contributed by atoms with E-state index < -0.39 is 12.0 Å². The molecule has 5 heteroatoms. The van der Waals surface area contributed by atoms with Gasteiger partial charge in [-0.1, -0.05) is 17.7 Å². The average molecular weight is 225 g/mol. The number of aromatic nitrogens is 1. The molecule has 1 aromatic heterocycles. The minimum atomic E-state index is -1.05. The van der Waals surface area contributed by atoms with Gasteiger partial charge in [-0.05, 0) is 12.1 Å². The van der Waals surface area contributed by atoms with E-state index in [2.05, 4.69) is 4.98 Å².